The number of alkyl halides is 2. The second-order valence-corrected chi connectivity index (χ2v) is 14.1. The van der Waals surface area contributed by atoms with Gasteiger partial charge in [-0.2, -0.15) is 4.31 Å². The molecule has 232 valence electrons. The summed E-state index contributed by atoms with van der Waals surface area (Å²) in [6.07, 6.45) is 1.64. The summed E-state index contributed by atoms with van der Waals surface area (Å²) in [6, 6.07) is 10.5. The number of sulfonamides is 1. The van der Waals surface area contributed by atoms with Crippen LogP contribution in [0.5, 0.6) is 5.88 Å². The molecule has 0 unspecified atom stereocenters. The molecule has 4 heterocycles. The van der Waals surface area contributed by atoms with Gasteiger partial charge in [-0.25, -0.2) is 22.2 Å². The molecule has 0 N–H and O–H groups in total. The van der Waals surface area contributed by atoms with Crippen LogP contribution in [0.2, 0.25) is 0 Å². The Kier molecular flexibility index (Phi) is 7.23. The van der Waals surface area contributed by atoms with Gasteiger partial charge in [-0.05, 0) is 86.6 Å². The van der Waals surface area contributed by atoms with Crippen LogP contribution in [0, 0.1) is 19.3 Å². The van der Waals surface area contributed by atoms with Crippen LogP contribution in [0.3, 0.4) is 0 Å². The Morgan fingerprint density at radius 2 is 1.91 bits per heavy atom. The standard InChI is InChI=1S/C31H33F2N5O5S/c1-18-8-9-20(15-21(18)16-37-17-31(11-12-31)43-28-23(44(37,40)41)7-6-13-34-28)24(30(3,4)29(39)42-5)22-10-14-38-26(19(22)2)35-36-27(38)25(32)33/h6-10,13-15,24-25H,11-12,16-17H2,1-5H3/t24-/m1/s1. The first-order valence-corrected chi connectivity index (χ1v) is 15.7. The van der Waals surface area contributed by atoms with Gasteiger partial charge in [0.15, 0.2) is 5.65 Å². The van der Waals surface area contributed by atoms with Gasteiger partial charge >= 0.3 is 5.97 Å². The van der Waals surface area contributed by atoms with E-state index in [-0.39, 0.29) is 29.5 Å². The number of aryl methyl sites for hydroxylation is 2. The van der Waals surface area contributed by atoms with Crippen LogP contribution in [0.1, 0.15) is 72.7 Å². The third-order valence-electron chi connectivity index (χ3n) is 8.83. The normalized spacial score (nSPS) is 18.1. The number of hydrogen-bond donors (Lipinski definition) is 0. The van der Waals surface area contributed by atoms with Crippen molar-refractivity contribution in [3.8, 4) is 5.88 Å². The summed E-state index contributed by atoms with van der Waals surface area (Å²) >= 11 is 0. The highest BCUT2D eigenvalue weighted by Gasteiger charge is 2.52. The van der Waals surface area contributed by atoms with Crippen LogP contribution in [0.15, 0.2) is 53.7 Å². The van der Waals surface area contributed by atoms with E-state index in [9.17, 15) is 22.0 Å². The average Bonchev–Trinajstić information content (AvgIpc) is 3.60. The van der Waals surface area contributed by atoms with Crippen molar-refractivity contribution in [3.05, 3.63) is 82.4 Å². The minimum Gasteiger partial charge on any atom is -0.469 e. The first kappa shape index (κ1) is 30.1. The first-order chi connectivity index (χ1) is 20.8. The molecular weight excluding hydrogens is 592 g/mol. The number of esters is 1. The molecule has 1 aliphatic carbocycles. The molecule has 1 aliphatic heterocycles. The van der Waals surface area contributed by atoms with Crippen molar-refractivity contribution in [1.82, 2.24) is 23.9 Å². The molecule has 1 atom stereocenters. The fourth-order valence-corrected chi connectivity index (χ4v) is 7.70. The van der Waals surface area contributed by atoms with E-state index in [2.05, 4.69) is 15.2 Å². The summed E-state index contributed by atoms with van der Waals surface area (Å²) in [5.41, 5.74) is 2.15. The summed E-state index contributed by atoms with van der Waals surface area (Å²) in [5.74, 6) is -1.42. The number of rotatable bonds is 7. The summed E-state index contributed by atoms with van der Waals surface area (Å²) < 4.78 is 68.9. The van der Waals surface area contributed by atoms with Crippen molar-refractivity contribution in [2.24, 2.45) is 5.41 Å². The minimum absolute atomic E-state index is 0.0303. The van der Waals surface area contributed by atoms with Crippen molar-refractivity contribution in [2.45, 2.75) is 69.9 Å². The van der Waals surface area contributed by atoms with E-state index in [1.807, 2.05) is 25.1 Å². The molecule has 4 aromatic rings. The maximum absolute atomic E-state index is 13.9. The molecule has 0 saturated heterocycles. The Balaban J connectivity index is 1.46. The molecule has 0 radical (unpaired) electrons. The van der Waals surface area contributed by atoms with Crippen LogP contribution < -0.4 is 4.74 Å². The number of benzene rings is 1. The fourth-order valence-electron chi connectivity index (χ4n) is 6.15. The highest BCUT2D eigenvalue weighted by molar-refractivity contribution is 7.89. The largest absolute Gasteiger partial charge is 0.469 e. The molecule has 1 aromatic carbocycles. The van der Waals surface area contributed by atoms with Crippen molar-refractivity contribution < 1.29 is 31.5 Å². The van der Waals surface area contributed by atoms with Crippen LogP contribution in [-0.2, 0) is 26.1 Å². The van der Waals surface area contributed by atoms with Gasteiger partial charge in [0.1, 0.15) is 10.5 Å². The topological polar surface area (TPSA) is 116 Å². The molecule has 44 heavy (non-hydrogen) atoms. The molecule has 10 nitrogen and oxygen atoms in total. The van der Waals surface area contributed by atoms with Crippen LogP contribution in [0.25, 0.3) is 5.65 Å². The van der Waals surface area contributed by atoms with Crippen molar-refractivity contribution in [1.29, 1.82) is 0 Å². The van der Waals surface area contributed by atoms with Crippen molar-refractivity contribution >= 4 is 21.6 Å². The summed E-state index contributed by atoms with van der Waals surface area (Å²) in [5, 5.41) is 7.70. The monoisotopic (exact) mass is 625 g/mol. The quantitative estimate of drug-likeness (QED) is 0.260. The second kappa shape index (κ2) is 10.6. The zero-order valence-corrected chi connectivity index (χ0v) is 25.9. The van der Waals surface area contributed by atoms with Gasteiger partial charge in [-0.1, -0.05) is 18.2 Å². The van der Waals surface area contributed by atoms with E-state index in [0.29, 0.717) is 11.1 Å². The smallest absolute Gasteiger partial charge is 0.312 e. The number of fused-ring (bicyclic) bond motifs is 2. The second-order valence-electron chi connectivity index (χ2n) is 12.1. The number of halogens is 2. The Hall–Kier alpha value is -3.97. The molecular formula is C31H33F2N5O5S. The predicted molar refractivity (Wildman–Crippen MR) is 156 cm³/mol. The Morgan fingerprint density at radius 3 is 2.59 bits per heavy atom. The minimum atomic E-state index is -3.94. The maximum Gasteiger partial charge on any atom is 0.312 e. The lowest BCUT2D eigenvalue weighted by Crippen LogP contribution is -2.38. The lowest BCUT2D eigenvalue weighted by atomic mass is 9.70. The van der Waals surface area contributed by atoms with Gasteiger partial charge in [-0.3, -0.25) is 9.20 Å². The summed E-state index contributed by atoms with van der Waals surface area (Å²) in [7, 11) is -2.62. The molecule has 1 saturated carbocycles. The third-order valence-corrected chi connectivity index (χ3v) is 10.6. The number of carbonyl (C=O) groups is 1. The third kappa shape index (κ3) is 4.91. The van der Waals surface area contributed by atoms with E-state index in [1.54, 1.807) is 32.9 Å². The molecule has 2 aliphatic rings. The number of nitrogens with zero attached hydrogens (tertiary/aromatic N) is 5. The molecule has 13 heteroatoms. The molecule has 3 aromatic heterocycles. The lowest BCUT2D eigenvalue weighted by molar-refractivity contribution is -0.151. The highest BCUT2D eigenvalue weighted by atomic mass is 32.2. The van der Waals surface area contributed by atoms with Gasteiger partial charge < -0.3 is 9.47 Å². The van der Waals surface area contributed by atoms with E-state index in [4.69, 9.17) is 9.47 Å². The number of carbonyl (C=O) groups excluding carboxylic acids is 1. The number of ether oxygens (including phenoxy) is 2. The van der Waals surface area contributed by atoms with Crippen LogP contribution in [0.4, 0.5) is 8.78 Å². The average molecular weight is 626 g/mol. The summed E-state index contributed by atoms with van der Waals surface area (Å²) in [6.45, 7) is 7.45. The zero-order chi connectivity index (χ0) is 31.6. The first-order valence-electron chi connectivity index (χ1n) is 14.2. The predicted octanol–water partition coefficient (Wildman–Crippen LogP) is 5.13. The number of aromatic nitrogens is 4. The van der Waals surface area contributed by atoms with Crippen molar-refractivity contribution in [3.63, 3.8) is 0 Å². The van der Waals surface area contributed by atoms with E-state index in [1.165, 1.54) is 34.3 Å². The Morgan fingerprint density at radius 1 is 1.16 bits per heavy atom. The zero-order valence-electron chi connectivity index (χ0n) is 25.0. The number of hydrogen-bond acceptors (Lipinski definition) is 8. The SMILES string of the molecule is COC(=O)C(C)(C)[C@H](c1ccc(C)c(CN2CC3(CC3)Oc3ncccc3S2(=O)=O)c1)c1ccn2c(C(F)F)nnc2c1C. The van der Waals surface area contributed by atoms with Gasteiger partial charge in [0.05, 0.1) is 19.1 Å². The van der Waals surface area contributed by atoms with Crippen molar-refractivity contribution in [2.75, 3.05) is 13.7 Å². The van der Waals surface area contributed by atoms with Gasteiger partial charge in [0.2, 0.25) is 21.7 Å². The lowest BCUT2D eigenvalue weighted by Gasteiger charge is -2.34. The van der Waals surface area contributed by atoms with Gasteiger partial charge in [0, 0.05) is 24.9 Å². The van der Waals surface area contributed by atoms with Crippen LogP contribution >= 0.6 is 0 Å². The van der Waals surface area contributed by atoms with E-state index >= 15 is 0 Å². The molecule has 0 bridgehead atoms. The maximum atomic E-state index is 13.9. The van der Waals surface area contributed by atoms with E-state index in [0.717, 1.165) is 29.5 Å². The van der Waals surface area contributed by atoms with Crippen LogP contribution in [-0.4, -0.2) is 57.5 Å². The number of methoxy groups -OCH3 is 1. The molecule has 6 rings (SSSR count). The molecule has 1 spiro atoms. The Labute approximate surface area is 254 Å². The van der Waals surface area contributed by atoms with Gasteiger partial charge in [0.25, 0.3) is 6.43 Å². The van der Waals surface area contributed by atoms with Gasteiger partial charge in [-0.15, -0.1) is 10.2 Å². The fraction of sp³-hybridized carbons (Fsp3) is 0.419. The summed E-state index contributed by atoms with van der Waals surface area (Å²) in [4.78, 5) is 17.5. The molecule has 0 amide bonds. The highest BCUT2D eigenvalue weighted by Crippen LogP contribution is 2.47. The van der Waals surface area contributed by atoms with E-state index < -0.39 is 45.2 Å². The number of pyridine rings is 2. The Bertz CT molecular complexity index is 1890. The molecule has 1 fully saturated rings.